The third kappa shape index (κ3) is 5.36. The molecule has 1 aromatic carbocycles. The first-order valence-corrected chi connectivity index (χ1v) is 14.4. The zero-order chi connectivity index (χ0) is 28.7. The van der Waals surface area contributed by atoms with Crippen LogP contribution >= 0.6 is 0 Å². The van der Waals surface area contributed by atoms with Crippen molar-refractivity contribution in [3.63, 3.8) is 0 Å². The van der Waals surface area contributed by atoms with Crippen molar-refractivity contribution < 1.29 is 22.7 Å². The second-order valence-corrected chi connectivity index (χ2v) is 12.7. The van der Waals surface area contributed by atoms with Gasteiger partial charge in [-0.2, -0.15) is 0 Å². The van der Waals surface area contributed by atoms with Gasteiger partial charge in [-0.05, 0) is 75.9 Å². The first kappa shape index (κ1) is 27.5. The Kier molecular flexibility index (Phi) is 7.23. The molecular formula is C28H32N6O5S. The molecule has 0 bridgehead atoms. The number of ether oxygens (including phenoxy) is 2. The van der Waals surface area contributed by atoms with Crippen LogP contribution in [0.1, 0.15) is 45.1 Å². The molecule has 0 spiro atoms. The first-order valence-electron chi connectivity index (χ1n) is 13.0. The Morgan fingerprint density at radius 3 is 2.48 bits per heavy atom. The minimum atomic E-state index is -3.99. The lowest BCUT2D eigenvalue weighted by Crippen LogP contribution is -2.31. The highest BCUT2D eigenvalue weighted by atomic mass is 32.2. The van der Waals surface area contributed by atoms with Gasteiger partial charge in [0.05, 0.1) is 10.6 Å². The van der Waals surface area contributed by atoms with Crippen molar-refractivity contribution in [1.29, 1.82) is 0 Å². The molecule has 4 N–H and O–H groups in total. The summed E-state index contributed by atoms with van der Waals surface area (Å²) in [6, 6.07) is 11.7. The number of anilines is 1. The van der Waals surface area contributed by atoms with Gasteiger partial charge in [-0.3, -0.25) is 0 Å². The van der Waals surface area contributed by atoms with E-state index in [-0.39, 0.29) is 28.3 Å². The first-order chi connectivity index (χ1) is 19.0. The topological polar surface area (TPSA) is 165 Å². The molecule has 0 radical (unpaired) electrons. The number of nitrogens with zero attached hydrogens (tertiary/aromatic N) is 4. The Morgan fingerprint density at radius 2 is 1.80 bits per heavy atom. The van der Waals surface area contributed by atoms with E-state index < -0.39 is 27.9 Å². The molecule has 0 amide bonds. The Balaban J connectivity index is 1.62. The Hall–Kier alpha value is -4.03. The molecule has 1 aliphatic carbocycles. The minimum absolute atomic E-state index is 0.0599. The van der Waals surface area contributed by atoms with Gasteiger partial charge in [-0.15, -0.1) is 0 Å². The van der Waals surface area contributed by atoms with Crippen LogP contribution in [0.25, 0.3) is 22.3 Å². The van der Waals surface area contributed by atoms with E-state index >= 15 is 0 Å². The Morgan fingerprint density at radius 1 is 1.07 bits per heavy atom. The lowest BCUT2D eigenvalue weighted by molar-refractivity contribution is -0.0336. The van der Waals surface area contributed by atoms with Crippen molar-refractivity contribution in [1.82, 2.24) is 18.9 Å². The molecule has 5 rings (SSSR count). The zero-order valence-electron chi connectivity index (χ0n) is 22.5. The predicted octanol–water partition coefficient (Wildman–Crippen LogP) is 4.09. The maximum atomic E-state index is 13.8. The van der Waals surface area contributed by atoms with Gasteiger partial charge in [-0.25, -0.2) is 32.1 Å². The van der Waals surface area contributed by atoms with Gasteiger partial charge in [0, 0.05) is 35.5 Å². The quantitative estimate of drug-likeness (QED) is 0.326. The third-order valence-electron chi connectivity index (χ3n) is 6.95. The van der Waals surface area contributed by atoms with Crippen LogP contribution in [0.4, 0.5) is 10.7 Å². The number of hydrogen-bond acceptors (Lipinski definition) is 10. The monoisotopic (exact) mass is 564 g/mol. The highest BCUT2D eigenvalue weighted by Gasteiger charge is 2.39. The minimum Gasteiger partial charge on any atom is -0.431 e. The summed E-state index contributed by atoms with van der Waals surface area (Å²) in [7, 11) is -3.99. The highest BCUT2D eigenvalue weighted by molar-refractivity contribution is 7.90. The molecule has 3 atom stereocenters. The summed E-state index contributed by atoms with van der Waals surface area (Å²) in [6.45, 7) is 5.64. The Labute approximate surface area is 232 Å². The van der Waals surface area contributed by atoms with E-state index in [9.17, 15) is 13.2 Å². The number of rotatable bonds is 6. The molecule has 4 aromatic rings. The predicted molar refractivity (Wildman–Crippen MR) is 150 cm³/mol. The molecule has 210 valence electrons. The van der Waals surface area contributed by atoms with Gasteiger partial charge in [0.1, 0.15) is 11.7 Å². The number of hydrogen-bond donors (Lipinski definition) is 2. The summed E-state index contributed by atoms with van der Waals surface area (Å²) in [5.74, 6) is -0.140. The lowest BCUT2D eigenvalue weighted by atomic mass is 9.92. The number of carbonyl (C=O) groups excluding carboxylic acids is 1. The molecule has 1 aliphatic rings. The average molecular weight is 565 g/mol. The fraction of sp³-hybridized carbons (Fsp3) is 0.357. The number of benzene rings is 1. The normalized spacial score (nSPS) is 19.6. The Bertz CT molecular complexity index is 1650. The van der Waals surface area contributed by atoms with Crippen LogP contribution in [-0.4, -0.2) is 51.7 Å². The molecule has 11 nitrogen and oxygen atoms in total. The summed E-state index contributed by atoms with van der Waals surface area (Å²) < 4.78 is 39.8. The van der Waals surface area contributed by atoms with E-state index in [1.165, 1.54) is 28.5 Å². The van der Waals surface area contributed by atoms with Gasteiger partial charge < -0.3 is 20.9 Å². The molecule has 3 unspecified atom stereocenters. The SMILES string of the molecule is CC(C)(C)OC(=O)OC1CC(c2ccnc3c2c(-c2ccnc(N)n2)cn3S(=O)(=O)c2ccccc2)CC1CN. The van der Waals surface area contributed by atoms with E-state index in [0.29, 0.717) is 36.0 Å². The molecule has 0 aliphatic heterocycles. The number of carbonyl (C=O) groups is 1. The van der Waals surface area contributed by atoms with Gasteiger partial charge in [0.2, 0.25) is 5.95 Å². The summed E-state index contributed by atoms with van der Waals surface area (Å²) in [5, 5.41) is 0.624. The molecule has 3 aromatic heterocycles. The number of pyridine rings is 1. The maximum Gasteiger partial charge on any atom is 0.509 e. The second-order valence-electron chi connectivity index (χ2n) is 10.8. The maximum absolute atomic E-state index is 13.8. The van der Waals surface area contributed by atoms with E-state index in [1.54, 1.807) is 51.2 Å². The molecule has 40 heavy (non-hydrogen) atoms. The fourth-order valence-electron chi connectivity index (χ4n) is 5.23. The number of aromatic nitrogens is 4. The van der Waals surface area contributed by atoms with Gasteiger partial charge in [-0.1, -0.05) is 18.2 Å². The smallest absolute Gasteiger partial charge is 0.431 e. The molecule has 0 saturated heterocycles. The summed E-state index contributed by atoms with van der Waals surface area (Å²) in [5.41, 5.74) is 13.4. The van der Waals surface area contributed by atoms with Crippen molar-refractivity contribution >= 4 is 33.2 Å². The zero-order valence-corrected chi connectivity index (χ0v) is 23.3. The van der Waals surface area contributed by atoms with Crippen LogP contribution in [0.5, 0.6) is 0 Å². The van der Waals surface area contributed by atoms with Crippen LogP contribution in [0, 0.1) is 5.92 Å². The number of nitrogen functional groups attached to an aromatic ring is 1. The number of nitrogens with two attached hydrogens (primary N) is 2. The standard InChI is InChI=1S/C28H32N6O5S/c1-28(2,3)39-27(35)38-23-14-17(13-18(23)15-29)20-9-11-31-25-24(20)21(22-10-12-32-26(30)33-22)16-34(25)40(36,37)19-7-5-4-6-8-19/h4-12,16-18,23H,13-15,29H2,1-3H3,(H2,30,32,33). The van der Waals surface area contributed by atoms with E-state index in [1.807, 2.05) is 6.07 Å². The molecular weight excluding hydrogens is 532 g/mol. The second kappa shape index (κ2) is 10.5. The molecule has 3 heterocycles. The van der Waals surface area contributed by atoms with Gasteiger partial charge in [0.15, 0.2) is 5.65 Å². The molecule has 1 saturated carbocycles. The van der Waals surface area contributed by atoms with Gasteiger partial charge in [0.25, 0.3) is 10.0 Å². The van der Waals surface area contributed by atoms with Crippen molar-refractivity contribution in [3.8, 4) is 11.3 Å². The summed E-state index contributed by atoms with van der Waals surface area (Å²) >= 11 is 0. The van der Waals surface area contributed by atoms with E-state index in [0.717, 1.165) is 5.56 Å². The van der Waals surface area contributed by atoms with E-state index in [2.05, 4.69) is 15.0 Å². The molecule has 12 heteroatoms. The van der Waals surface area contributed by atoms with E-state index in [4.69, 9.17) is 20.9 Å². The lowest BCUT2D eigenvalue weighted by Gasteiger charge is -2.23. The van der Waals surface area contributed by atoms with Crippen LogP contribution in [0.3, 0.4) is 0 Å². The summed E-state index contributed by atoms with van der Waals surface area (Å²) in [4.78, 5) is 25.4. The van der Waals surface area contributed by atoms with Crippen molar-refractivity contribution in [2.24, 2.45) is 11.7 Å². The van der Waals surface area contributed by atoms with Crippen LogP contribution in [-0.2, 0) is 19.5 Å². The van der Waals surface area contributed by atoms with Crippen molar-refractivity contribution in [2.45, 2.75) is 56.1 Å². The van der Waals surface area contributed by atoms with Crippen LogP contribution in [0.2, 0.25) is 0 Å². The van der Waals surface area contributed by atoms with Crippen molar-refractivity contribution in [2.75, 3.05) is 12.3 Å². The van der Waals surface area contributed by atoms with Crippen LogP contribution in [0.15, 0.2) is 66.0 Å². The number of fused-ring (bicyclic) bond motifs is 1. The molecule has 1 fully saturated rings. The highest BCUT2D eigenvalue weighted by Crippen LogP contribution is 2.45. The fourth-order valence-corrected chi connectivity index (χ4v) is 6.57. The summed E-state index contributed by atoms with van der Waals surface area (Å²) in [6.07, 6.45) is 4.55. The average Bonchev–Trinajstić information content (AvgIpc) is 3.50. The third-order valence-corrected chi connectivity index (χ3v) is 8.61. The van der Waals surface area contributed by atoms with Gasteiger partial charge >= 0.3 is 6.16 Å². The largest absolute Gasteiger partial charge is 0.509 e. The van der Waals surface area contributed by atoms with Crippen LogP contribution < -0.4 is 11.5 Å². The van der Waals surface area contributed by atoms with Crippen molar-refractivity contribution in [3.05, 3.63) is 66.6 Å².